The van der Waals surface area contributed by atoms with E-state index in [1.807, 2.05) is 0 Å². The third-order valence-corrected chi connectivity index (χ3v) is 4.29. The van der Waals surface area contributed by atoms with Crippen molar-refractivity contribution in [2.75, 3.05) is 0 Å². The average molecular weight is 292 g/mol. The Morgan fingerprint density at radius 2 is 1.23 bits per heavy atom. The number of halogens is 5. The Bertz CT molecular complexity index is 164. The van der Waals surface area contributed by atoms with Gasteiger partial charge < -0.3 is 0 Å². The second-order valence-electron chi connectivity index (χ2n) is 1.39. The first-order chi connectivity index (χ1) is 6.24. The Hall–Kier alpha value is 1.14. The lowest BCUT2D eigenvalue weighted by molar-refractivity contribution is 0.910. The van der Waals surface area contributed by atoms with Crippen LogP contribution >= 0.6 is 60.7 Å². The van der Waals surface area contributed by atoms with Crippen molar-refractivity contribution in [2.45, 2.75) is 4.58 Å². The standard InChI is InChI=1S/C3HF5S5/c4-9-1(2(10-5)11-6)3(12-7)13-8/h2H. The highest BCUT2D eigenvalue weighted by Gasteiger charge is 2.24. The molecule has 13 heavy (non-hydrogen) atoms. The highest BCUT2D eigenvalue weighted by atomic mass is 32.2. The Kier molecular flexibility index (Phi) is 9.19. The van der Waals surface area contributed by atoms with Gasteiger partial charge in [-0.2, -0.15) is 19.4 Å². The summed E-state index contributed by atoms with van der Waals surface area (Å²) in [6.45, 7) is 0. The minimum atomic E-state index is -1.59. The molecular weight excluding hydrogens is 291 g/mol. The molecule has 0 radical (unpaired) electrons. The van der Waals surface area contributed by atoms with Crippen LogP contribution in [-0.2, 0) is 0 Å². The van der Waals surface area contributed by atoms with E-state index in [0.717, 1.165) is 0 Å². The Balaban J connectivity index is 4.69. The lowest BCUT2D eigenvalue weighted by atomic mass is 10.7. The number of hydrogen-bond acceptors (Lipinski definition) is 5. The van der Waals surface area contributed by atoms with Gasteiger partial charge in [0.05, 0.1) is 65.6 Å². The normalized spacial score (nSPS) is 10.6. The van der Waals surface area contributed by atoms with Crippen molar-refractivity contribution in [1.82, 2.24) is 0 Å². The van der Waals surface area contributed by atoms with Crippen molar-refractivity contribution in [1.29, 1.82) is 0 Å². The molecule has 0 heterocycles. The maximum absolute atomic E-state index is 12.0. The van der Waals surface area contributed by atoms with Crippen molar-refractivity contribution >= 4 is 60.7 Å². The van der Waals surface area contributed by atoms with Crippen LogP contribution in [0.4, 0.5) is 19.4 Å². The molecular formula is C3HF5S5. The van der Waals surface area contributed by atoms with Crippen LogP contribution in [0.5, 0.6) is 0 Å². The summed E-state index contributed by atoms with van der Waals surface area (Å²) in [5.74, 6) is 0. The molecule has 0 unspecified atom stereocenters. The molecule has 0 aromatic carbocycles. The van der Waals surface area contributed by atoms with Gasteiger partial charge in [0.15, 0.2) is 0 Å². The van der Waals surface area contributed by atoms with Gasteiger partial charge in [0.25, 0.3) is 0 Å². The van der Waals surface area contributed by atoms with E-state index in [0.29, 0.717) is 0 Å². The van der Waals surface area contributed by atoms with Gasteiger partial charge in [-0.05, 0) is 0 Å². The summed E-state index contributed by atoms with van der Waals surface area (Å²) in [7, 11) is 0. The first-order valence-corrected chi connectivity index (χ1v) is 6.10. The van der Waals surface area contributed by atoms with Crippen molar-refractivity contribution in [2.24, 2.45) is 0 Å². The summed E-state index contributed by atoms with van der Waals surface area (Å²) in [4.78, 5) is -0.653. The molecule has 78 valence electrons. The van der Waals surface area contributed by atoms with Crippen LogP contribution in [-0.4, -0.2) is 4.58 Å². The lowest BCUT2D eigenvalue weighted by Gasteiger charge is -2.07. The summed E-state index contributed by atoms with van der Waals surface area (Å²) in [5, 5.41) is 0. The van der Waals surface area contributed by atoms with Crippen molar-refractivity contribution in [3.05, 3.63) is 9.14 Å². The van der Waals surface area contributed by atoms with Crippen LogP contribution in [0, 0.1) is 0 Å². The molecule has 0 aromatic heterocycles. The van der Waals surface area contributed by atoms with E-state index in [9.17, 15) is 19.4 Å². The quantitative estimate of drug-likeness (QED) is 0.462. The third kappa shape index (κ3) is 4.45. The van der Waals surface area contributed by atoms with Gasteiger partial charge in [0.2, 0.25) is 0 Å². The van der Waals surface area contributed by atoms with E-state index in [1.54, 1.807) is 0 Å². The smallest absolute Gasteiger partial charge is 0.148 e. The van der Waals surface area contributed by atoms with Crippen LogP contribution < -0.4 is 0 Å². The highest BCUT2D eigenvalue weighted by Crippen LogP contribution is 2.46. The summed E-state index contributed by atoms with van der Waals surface area (Å²) >= 11 is -2.82. The minimum Gasteiger partial charge on any atom is -0.164 e. The number of rotatable bonds is 6. The van der Waals surface area contributed by atoms with Gasteiger partial charge in [0, 0.05) is 0 Å². The fourth-order valence-electron chi connectivity index (χ4n) is 0.347. The van der Waals surface area contributed by atoms with Gasteiger partial charge in [-0.1, -0.05) is 0 Å². The molecule has 10 heteroatoms. The fourth-order valence-corrected chi connectivity index (χ4v) is 2.59. The summed E-state index contributed by atoms with van der Waals surface area (Å²) in [5.41, 5.74) is 0. The zero-order chi connectivity index (χ0) is 10.3. The van der Waals surface area contributed by atoms with Gasteiger partial charge in [-0.25, -0.2) is 0 Å². The molecule has 0 spiro atoms. The van der Waals surface area contributed by atoms with Crippen LogP contribution in [0.1, 0.15) is 0 Å². The second kappa shape index (κ2) is 8.45. The van der Waals surface area contributed by atoms with E-state index in [2.05, 4.69) is 0 Å². The Morgan fingerprint density at radius 3 is 1.46 bits per heavy atom. The van der Waals surface area contributed by atoms with E-state index in [-0.39, 0.29) is 0 Å². The highest BCUT2D eigenvalue weighted by molar-refractivity contribution is 8.20. The number of hydrogen-bond donors (Lipinski definition) is 0. The largest absolute Gasteiger partial charge is 0.164 e. The first kappa shape index (κ1) is 14.1. The van der Waals surface area contributed by atoms with Crippen LogP contribution in [0.25, 0.3) is 0 Å². The molecule has 0 saturated carbocycles. The molecule has 0 aliphatic heterocycles. The lowest BCUT2D eigenvalue weighted by Crippen LogP contribution is -1.95. The molecule has 0 N–H and O–H groups in total. The van der Waals surface area contributed by atoms with Crippen LogP contribution in [0.15, 0.2) is 9.14 Å². The molecule has 0 bridgehead atoms. The fraction of sp³-hybridized carbons (Fsp3) is 0.333. The first-order valence-electron chi connectivity index (χ1n) is 2.39. The van der Waals surface area contributed by atoms with Crippen molar-refractivity contribution < 1.29 is 19.4 Å². The van der Waals surface area contributed by atoms with E-state index in [1.165, 1.54) is 0 Å². The zero-order valence-corrected chi connectivity index (χ0v) is 9.59. The van der Waals surface area contributed by atoms with Gasteiger partial charge in [-0.3, -0.25) is 0 Å². The maximum atomic E-state index is 12.0. The molecule has 0 aromatic rings. The van der Waals surface area contributed by atoms with Gasteiger partial charge in [-0.15, -0.1) is 0 Å². The minimum absolute atomic E-state index is 0.529. The van der Waals surface area contributed by atoms with Gasteiger partial charge in [0.1, 0.15) is 8.82 Å². The molecule has 0 atom stereocenters. The van der Waals surface area contributed by atoms with E-state index >= 15 is 0 Å². The summed E-state index contributed by atoms with van der Waals surface area (Å²) in [6.07, 6.45) is 0. The third-order valence-electron chi connectivity index (χ3n) is 0.800. The van der Waals surface area contributed by atoms with Crippen LogP contribution in [0.2, 0.25) is 0 Å². The predicted molar refractivity (Wildman–Crippen MR) is 54.3 cm³/mol. The second-order valence-corrected chi connectivity index (χ2v) is 4.97. The average Bonchev–Trinajstić information content (AvgIpc) is 2.18. The topological polar surface area (TPSA) is 0 Å². The Morgan fingerprint density at radius 1 is 0.769 bits per heavy atom. The summed E-state index contributed by atoms with van der Waals surface area (Å²) in [6, 6.07) is 0. The summed E-state index contributed by atoms with van der Waals surface area (Å²) < 4.78 is 57.3. The molecule has 0 nitrogen and oxygen atoms in total. The van der Waals surface area contributed by atoms with Crippen LogP contribution in [0.3, 0.4) is 0 Å². The van der Waals surface area contributed by atoms with Crippen molar-refractivity contribution in [3.63, 3.8) is 0 Å². The molecule has 0 rings (SSSR count). The Labute approximate surface area is 93.7 Å². The molecule has 0 saturated heterocycles. The molecule has 0 amide bonds. The predicted octanol–water partition coefficient (Wildman–Crippen LogP) is 5.57. The van der Waals surface area contributed by atoms with Crippen molar-refractivity contribution in [3.8, 4) is 0 Å². The molecule has 0 aliphatic carbocycles. The van der Waals surface area contributed by atoms with E-state index < -0.39 is 74.5 Å². The maximum Gasteiger partial charge on any atom is 0.148 e. The van der Waals surface area contributed by atoms with Gasteiger partial charge >= 0.3 is 0 Å². The molecule has 0 fully saturated rings. The zero-order valence-electron chi connectivity index (χ0n) is 5.51. The van der Waals surface area contributed by atoms with E-state index in [4.69, 9.17) is 0 Å². The SMILES string of the molecule is FSC(SF)=C(SF)C(SF)SF. The monoisotopic (exact) mass is 292 g/mol. The molecule has 0 aliphatic rings.